The fourth-order valence-electron chi connectivity index (χ4n) is 3.85. The van der Waals surface area contributed by atoms with Crippen molar-refractivity contribution in [1.82, 2.24) is 14.8 Å². The van der Waals surface area contributed by atoms with Crippen LogP contribution in [0, 0.1) is 5.92 Å². The summed E-state index contributed by atoms with van der Waals surface area (Å²) in [6.07, 6.45) is 3.85. The van der Waals surface area contributed by atoms with Crippen molar-refractivity contribution in [2.45, 2.75) is 30.3 Å². The molecule has 0 spiro atoms. The Kier molecular flexibility index (Phi) is 4.98. The van der Waals surface area contributed by atoms with Gasteiger partial charge in [-0.15, -0.1) is 0 Å². The summed E-state index contributed by atoms with van der Waals surface area (Å²) in [6, 6.07) is 2.92. The minimum atomic E-state index is -1.10. The third-order valence-corrected chi connectivity index (χ3v) is 5.93. The van der Waals surface area contributed by atoms with Crippen LogP contribution >= 0.6 is 11.8 Å². The summed E-state index contributed by atoms with van der Waals surface area (Å²) in [7, 11) is 0. The van der Waals surface area contributed by atoms with Crippen LogP contribution in [0.1, 0.15) is 14.8 Å². The molecule has 2 fully saturated rings. The van der Waals surface area contributed by atoms with Gasteiger partial charge in [-0.2, -0.15) is 0 Å². The predicted octanol–water partition coefficient (Wildman–Crippen LogP) is -1.95. The molecule has 4 heterocycles. The molecular weight excluding hydrogens is 353 g/mol. The first kappa shape index (κ1) is 18.4. The summed E-state index contributed by atoms with van der Waals surface area (Å²) in [5.74, 6) is -1.44. The number of thioether (sulfide) groups is 1. The maximum absolute atomic E-state index is 12.5. The Balaban J connectivity index is 0.00000121. The number of pyridine rings is 1. The van der Waals surface area contributed by atoms with Gasteiger partial charge in [0, 0.05) is 41.6 Å². The van der Waals surface area contributed by atoms with E-state index in [-0.39, 0.29) is 60.5 Å². The number of hydrogen-bond donors (Lipinski definition) is 1. The Hall–Kier alpha value is -1.35. The summed E-state index contributed by atoms with van der Waals surface area (Å²) in [4.78, 5) is 44.5. The number of amides is 2. The van der Waals surface area contributed by atoms with E-state index in [1.54, 1.807) is 29.4 Å². The van der Waals surface area contributed by atoms with Gasteiger partial charge < -0.3 is 11.4 Å². The molecule has 0 bridgehead atoms. The molecule has 4 rings (SSSR count). The quantitative estimate of drug-likeness (QED) is 0.492. The Morgan fingerprint density at radius 2 is 2.04 bits per heavy atom. The summed E-state index contributed by atoms with van der Waals surface area (Å²) in [5.41, 5.74) is 0.0599. The van der Waals surface area contributed by atoms with Crippen LogP contribution < -0.4 is 29.6 Å². The standard InChI is InChI=1S/C16H15N3O4S.Na.H/c1-8(20)18-7-9-6-11(24-10-2-4-17-5-3-10)13(16(22)23)19-12(9)14(18)15(19)21;;/h2-5,9,12,14H,6-7H2,1H3,(H,22,23);;/q;+1;-1/t9-,12-,14+;;/m1../s1. The molecule has 2 amide bonds. The van der Waals surface area contributed by atoms with Crippen molar-refractivity contribution in [3.05, 3.63) is 35.1 Å². The van der Waals surface area contributed by atoms with E-state index in [1.165, 1.54) is 23.6 Å². The Morgan fingerprint density at radius 3 is 2.64 bits per heavy atom. The number of hydrogen-bond acceptors (Lipinski definition) is 5. The molecule has 2 saturated heterocycles. The number of carboxylic acids is 1. The molecule has 7 nitrogen and oxygen atoms in total. The molecule has 126 valence electrons. The van der Waals surface area contributed by atoms with E-state index < -0.39 is 12.0 Å². The fourth-order valence-corrected chi connectivity index (χ4v) is 4.98. The van der Waals surface area contributed by atoms with E-state index in [4.69, 9.17) is 0 Å². The van der Waals surface area contributed by atoms with Gasteiger partial charge in [0.25, 0.3) is 5.91 Å². The molecule has 0 radical (unpaired) electrons. The number of allylic oxidation sites excluding steroid dienone is 1. The van der Waals surface area contributed by atoms with Gasteiger partial charge in [0.2, 0.25) is 5.91 Å². The first-order valence-corrected chi connectivity index (χ1v) is 8.45. The minimum absolute atomic E-state index is 0. The molecule has 1 aromatic heterocycles. The Morgan fingerprint density at radius 1 is 1.36 bits per heavy atom. The molecule has 9 heteroatoms. The van der Waals surface area contributed by atoms with Crippen LogP contribution in [0.15, 0.2) is 40.0 Å². The van der Waals surface area contributed by atoms with Crippen LogP contribution in [-0.2, 0) is 14.4 Å². The number of carboxylic acid groups (broad SMARTS) is 1. The van der Waals surface area contributed by atoms with E-state index in [0.717, 1.165) is 4.90 Å². The zero-order chi connectivity index (χ0) is 17.0. The molecule has 3 aliphatic heterocycles. The van der Waals surface area contributed by atoms with E-state index in [0.29, 0.717) is 17.9 Å². The maximum Gasteiger partial charge on any atom is 1.00 e. The zero-order valence-electron chi connectivity index (χ0n) is 14.9. The van der Waals surface area contributed by atoms with Gasteiger partial charge in [-0.1, -0.05) is 11.8 Å². The van der Waals surface area contributed by atoms with Crippen molar-refractivity contribution in [3.63, 3.8) is 0 Å². The number of nitrogens with zero attached hydrogens (tertiary/aromatic N) is 3. The first-order chi connectivity index (χ1) is 11.5. The minimum Gasteiger partial charge on any atom is -1.00 e. The first-order valence-electron chi connectivity index (χ1n) is 7.63. The van der Waals surface area contributed by atoms with Crippen molar-refractivity contribution in [1.29, 1.82) is 0 Å². The van der Waals surface area contributed by atoms with Gasteiger partial charge in [-0.25, -0.2) is 4.79 Å². The van der Waals surface area contributed by atoms with Gasteiger partial charge in [0.1, 0.15) is 11.7 Å². The van der Waals surface area contributed by atoms with E-state index >= 15 is 0 Å². The summed E-state index contributed by atoms with van der Waals surface area (Å²) in [6.45, 7) is 1.95. The number of aliphatic carboxylic acids is 1. The van der Waals surface area contributed by atoms with Crippen molar-refractivity contribution in [2.24, 2.45) is 5.92 Å². The van der Waals surface area contributed by atoms with E-state index in [2.05, 4.69) is 4.98 Å². The van der Waals surface area contributed by atoms with Crippen LogP contribution in [0.25, 0.3) is 0 Å². The average Bonchev–Trinajstić information content (AvgIpc) is 2.91. The van der Waals surface area contributed by atoms with Crippen molar-refractivity contribution in [3.8, 4) is 0 Å². The van der Waals surface area contributed by atoms with Crippen LogP contribution in [0.4, 0.5) is 0 Å². The number of aromatic nitrogens is 1. The summed E-state index contributed by atoms with van der Waals surface area (Å²) >= 11 is 1.35. The Labute approximate surface area is 172 Å². The monoisotopic (exact) mass is 369 g/mol. The predicted molar refractivity (Wildman–Crippen MR) is 85.8 cm³/mol. The van der Waals surface area contributed by atoms with Gasteiger partial charge in [-0.3, -0.25) is 19.5 Å². The van der Waals surface area contributed by atoms with E-state index in [9.17, 15) is 19.5 Å². The van der Waals surface area contributed by atoms with Crippen molar-refractivity contribution < 1.29 is 50.5 Å². The second-order valence-corrected chi connectivity index (χ2v) is 7.31. The molecule has 0 aliphatic carbocycles. The van der Waals surface area contributed by atoms with Gasteiger partial charge >= 0.3 is 35.5 Å². The topological polar surface area (TPSA) is 90.8 Å². The van der Waals surface area contributed by atoms with E-state index in [1.807, 2.05) is 0 Å². The molecule has 1 N–H and O–H groups in total. The molecule has 3 aliphatic rings. The molecule has 0 unspecified atom stereocenters. The third-order valence-electron chi connectivity index (χ3n) is 4.81. The molecular formula is C16H16N3NaO4S. The second kappa shape index (κ2) is 6.75. The number of carbonyl (C=O) groups is 3. The molecule has 25 heavy (non-hydrogen) atoms. The number of carbonyl (C=O) groups excluding carboxylic acids is 2. The number of likely N-dealkylation sites (tertiary alicyclic amines) is 1. The molecule has 3 atom stereocenters. The SMILES string of the molecule is CC(=O)N1C[C@H]2CC(Sc3ccncc3)=C(C(=O)O)N3C(=O)[C@@H]1[C@@H]23.[H-].[Na+]. The zero-order valence-corrected chi connectivity index (χ0v) is 16.7. The molecule has 1 aromatic rings. The van der Waals surface area contributed by atoms with Crippen LogP contribution in [0.5, 0.6) is 0 Å². The van der Waals surface area contributed by atoms with Crippen LogP contribution in [0.2, 0.25) is 0 Å². The van der Waals surface area contributed by atoms with Crippen molar-refractivity contribution in [2.75, 3.05) is 6.54 Å². The summed E-state index contributed by atoms with van der Waals surface area (Å²) in [5, 5.41) is 9.64. The second-order valence-electron chi connectivity index (χ2n) is 6.14. The maximum atomic E-state index is 12.5. The fraction of sp³-hybridized carbons (Fsp3) is 0.375. The summed E-state index contributed by atoms with van der Waals surface area (Å²) < 4.78 is 0. The molecule has 0 saturated carbocycles. The van der Waals surface area contributed by atoms with Gasteiger partial charge in [0.05, 0.1) is 6.04 Å². The van der Waals surface area contributed by atoms with Crippen LogP contribution in [0.3, 0.4) is 0 Å². The normalized spacial score (nSPS) is 26.8. The number of rotatable bonds is 3. The largest absolute Gasteiger partial charge is 1.00 e. The van der Waals surface area contributed by atoms with Crippen LogP contribution in [-0.4, -0.2) is 56.3 Å². The van der Waals surface area contributed by atoms with Gasteiger partial charge in [-0.05, 0) is 18.6 Å². The average molecular weight is 369 g/mol. The third kappa shape index (κ3) is 2.81. The number of β-lactam (4-membered cyclic amide) rings is 1. The van der Waals surface area contributed by atoms with Gasteiger partial charge in [0.15, 0.2) is 0 Å². The molecule has 0 aromatic carbocycles. The van der Waals surface area contributed by atoms with Crippen molar-refractivity contribution >= 4 is 29.5 Å². The smallest absolute Gasteiger partial charge is 1.00 e. The Bertz CT molecular complexity index is 791.